The number of terminal acetylenes is 1. The molecule has 0 radical (unpaired) electrons. The van der Waals surface area contributed by atoms with E-state index in [0.29, 0.717) is 5.52 Å². The van der Waals surface area contributed by atoms with Gasteiger partial charge in [-0.1, -0.05) is 24.1 Å². The van der Waals surface area contributed by atoms with E-state index in [0.717, 1.165) is 6.33 Å². The molecule has 15 heteroatoms. The van der Waals surface area contributed by atoms with Gasteiger partial charge < -0.3 is 29.9 Å². The molecule has 1 unspecified atom stereocenters. The zero-order valence-corrected chi connectivity index (χ0v) is 23.3. The van der Waals surface area contributed by atoms with E-state index in [9.17, 15) is 24.8 Å². The van der Waals surface area contributed by atoms with Crippen molar-refractivity contribution in [2.24, 2.45) is 0 Å². The minimum Gasteiger partial charge on any atom is -0.462 e. The maximum Gasteiger partial charge on any atom is 0.459 e. The number of anilines is 1. The molecular formula is C26H29N6O8P. The number of carbonyl (C=O) groups excluding carboxylic acids is 1. The molecule has 1 aliphatic heterocycles. The van der Waals surface area contributed by atoms with E-state index < -0.39 is 55.9 Å². The Bertz CT molecular complexity index is 1550. The topological polar surface area (TPSA) is 204 Å². The van der Waals surface area contributed by atoms with E-state index in [1.807, 2.05) is 6.07 Å². The summed E-state index contributed by atoms with van der Waals surface area (Å²) in [5.41, 5.74) is 1.74. The summed E-state index contributed by atoms with van der Waals surface area (Å²) >= 11 is 0. The Labute approximate surface area is 235 Å². The van der Waals surface area contributed by atoms with E-state index in [2.05, 4.69) is 21.1 Å². The molecule has 0 spiro atoms. The molecule has 5 N–H and O–H groups in total. The minimum absolute atomic E-state index is 0.000304. The molecule has 0 amide bonds. The standard InChI is InChI=1S/C26H29N6O8P/c1-5-25(14-37-41(36,39-18-9-7-6-8-10-18)31-17(4)24(35)38-16(2)3)21(33)22(34)26(13-27,40-25)20-12-11-19-23(28)29-15-30-32(19)20/h1,6-12,15-17,21-22,33-34H,14H2,2-4H3,(H,31,36)(H2,28,29,30)/t17-,21?,22-,25+,26-,41-/m0/s1. The van der Waals surface area contributed by atoms with Gasteiger partial charge in [-0.05, 0) is 45.0 Å². The number of fused-ring (bicyclic) bond motifs is 1. The molecule has 3 heterocycles. The van der Waals surface area contributed by atoms with Crippen molar-refractivity contribution in [3.63, 3.8) is 0 Å². The number of ether oxygens (including phenoxy) is 2. The number of nitrogens with one attached hydrogen (secondary N) is 1. The monoisotopic (exact) mass is 584 g/mol. The summed E-state index contributed by atoms with van der Waals surface area (Å²) in [5, 5.41) is 39.0. The lowest BCUT2D eigenvalue weighted by Crippen LogP contribution is -2.46. The highest BCUT2D eigenvalue weighted by molar-refractivity contribution is 7.52. The van der Waals surface area contributed by atoms with Crippen molar-refractivity contribution in [2.75, 3.05) is 12.3 Å². The van der Waals surface area contributed by atoms with Crippen LogP contribution in [0.5, 0.6) is 5.75 Å². The first-order valence-corrected chi connectivity index (χ1v) is 14.0. The minimum atomic E-state index is -4.45. The van der Waals surface area contributed by atoms with Crippen molar-refractivity contribution in [3.8, 4) is 24.2 Å². The van der Waals surface area contributed by atoms with Crippen LogP contribution < -0.4 is 15.3 Å². The zero-order chi connectivity index (χ0) is 30.0. The fraction of sp³-hybridized carbons (Fsp3) is 0.385. The van der Waals surface area contributed by atoms with Gasteiger partial charge in [0.15, 0.2) is 11.4 Å². The number of aliphatic hydroxyl groups is 2. The molecule has 6 atom stereocenters. The number of carbonyl (C=O) groups is 1. The Morgan fingerprint density at radius 2 is 1.98 bits per heavy atom. The number of hydrogen-bond donors (Lipinski definition) is 4. The van der Waals surface area contributed by atoms with Gasteiger partial charge in [-0.3, -0.25) is 9.32 Å². The third-order valence-corrected chi connectivity index (χ3v) is 7.91. The average molecular weight is 585 g/mol. The van der Waals surface area contributed by atoms with E-state index in [1.54, 1.807) is 32.0 Å². The predicted molar refractivity (Wildman–Crippen MR) is 144 cm³/mol. The summed E-state index contributed by atoms with van der Waals surface area (Å²) in [7, 11) is -4.45. The summed E-state index contributed by atoms with van der Waals surface area (Å²) < 4.78 is 37.5. The quantitative estimate of drug-likeness (QED) is 0.151. The van der Waals surface area contributed by atoms with Crippen LogP contribution in [0.1, 0.15) is 26.5 Å². The first-order chi connectivity index (χ1) is 19.4. The Morgan fingerprint density at radius 3 is 2.61 bits per heavy atom. The van der Waals surface area contributed by atoms with Gasteiger partial charge in [-0.25, -0.2) is 14.1 Å². The van der Waals surface area contributed by atoms with Crippen molar-refractivity contribution in [3.05, 3.63) is 54.5 Å². The van der Waals surface area contributed by atoms with Crippen LogP contribution in [0.4, 0.5) is 5.82 Å². The number of rotatable bonds is 10. The van der Waals surface area contributed by atoms with Gasteiger partial charge in [0.2, 0.25) is 5.60 Å². The van der Waals surface area contributed by atoms with Gasteiger partial charge in [-0.2, -0.15) is 15.4 Å². The summed E-state index contributed by atoms with van der Waals surface area (Å²) in [6, 6.07) is 11.6. The molecule has 0 aliphatic carbocycles. The van der Waals surface area contributed by atoms with Gasteiger partial charge in [-0.15, -0.1) is 6.42 Å². The van der Waals surface area contributed by atoms with Crippen LogP contribution in [-0.2, 0) is 29.0 Å². The largest absolute Gasteiger partial charge is 0.462 e. The van der Waals surface area contributed by atoms with Gasteiger partial charge in [0.05, 0.1) is 11.8 Å². The molecular weight excluding hydrogens is 555 g/mol. The first-order valence-electron chi connectivity index (χ1n) is 12.4. The highest BCUT2D eigenvalue weighted by atomic mass is 31.2. The number of nitrogens with zero attached hydrogens (tertiary/aromatic N) is 4. The number of hydrogen-bond acceptors (Lipinski definition) is 12. The molecule has 3 aromatic rings. The highest BCUT2D eigenvalue weighted by Gasteiger charge is 2.65. The summed E-state index contributed by atoms with van der Waals surface area (Å²) in [6.45, 7) is 3.85. The fourth-order valence-electron chi connectivity index (χ4n) is 4.26. The summed E-state index contributed by atoms with van der Waals surface area (Å²) in [5.74, 6) is 1.72. The average Bonchev–Trinajstić information content (AvgIpc) is 3.47. The molecule has 1 saturated heterocycles. The number of aromatic nitrogens is 3. The van der Waals surface area contributed by atoms with Crippen molar-refractivity contribution in [2.45, 2.75) is 56.3 Å². The van der Waals surface area contributed by atoms with Crippen molar-refractivity contribution in [1.29, 1.82) is 5.26 Å². The number of nitriles is 1. The number of nitrogens with two attached hydrogens (primary N) is 1. The van der Waals surface area contributed by atoms with Gasteiger partial charge in [0.1, 0.15) is 48.5 Å². The lowest BCUT2D eigenvalue weighted by molar-refractivity contribution is -0.149. The molecule has 4 rings (SSSR count). The van der Waals surface area contributed by atoms with Gasteiger partial charge in [0, 0.05) is 0 Å². The third-order valence-electron chi connectivity index (χ3n) is 6.28. The number of esters is 1. The molecule has 41 heavy (non-hydrogen) atoms. The van der Waals surface area contributed by atoms with Crippen LogP contribution in [0.2, 0.25) is 0 Å². The Morgan fingerprint density at radius 1 is 1.27 bits per heavy atom. The van der Waals surface area contributed by atoms with Gasteiger partial charge in [0.25, 0.3) is 0 Å². The van der Waals surface area contributed by atoms with Crippen molar-refractivity contribution >= 4 is 25.1 Å². The molecule has 1 aromatic carbocycles. The highest BCUT2D eigenvalue weighted by Crippen LogP contribution is 2.50. The van der Waals surface area contributed by atoms with E-state index in [4.69, 9.17) is 30.7 Å². The second kappa shape index (κ2) is 11.5. The molecule has 1 aliphatic rings. The molecule has 216 valence electrons. The van der Waals surface area contributed by atoms with E-state index in [1.165, 1.54) is 35.7 Å². The molecule has 0 bridgehead atoms. The summed E-state index contributed by atoms with van der Waals surface area (Å²) in [4.78, 5) is 16.3. The lowest BCUT2D eigenvalue weighted by atomic mass is 9.89. The van der Waals surface area contributed by atoms with Crippen LogP contribution >= 0.6 is 7.75 Å². The Hall–Kier alpha value is -4.01. The van der Waals surface area contributed by atoms with Crippen LogP contribution in [0, 0.1) is 23.7 Å². The smallest absolute Gasteiger partial charge is 0.459 e. The maximum absolute atomic E-state index is 13.9. The molecule has 0 saturated carbocycles. The summed E-state index contributed by atoms with van der Waals surface area (Å²) in [6.07, 6.45) is 2.63. The number of benzene rings is 1. The fourth-order valence-corrected chi connectivity index (χ4v) is 5.78. The zero-order valence-electron chi connectivity index (χ0n) is 22.4. The SMILES string of the molecule is C#C[C@]1(CO[P@@](=O)(N[C@@H](C)C(=O)OC(C)C)Oc2ccccc2)O[C@@](C#N)(c2ccc3c(N)ncnn23)[C@@H](O)C1O. The van der Waals surface area contributed by atoms with Crippen LogP contribution in [0.3, 0.4) is 0 Å². The van der Waals surface area contributed by atoms with Crippen molar-refractivity contribution < 1.29 is 38.1 Å². The lowest BCUT2D eigenvalue weighted by Gasteiger charge is -2.30. The molecule has 1 fully saturated rings. The van der Waals surface area contributed by atoms with Crippen LogP contribution in [0.25, 0.3) is 5.52 Å². The van der Waals surface area contributed by atoms with Crippen LogP contribution in [-0.4, -0.2) is 67.3 Å². The second-order valence-corrected chi connectivity index (χ2v) is 11.2. The number of para-hydroxylation sites is 1. The number of nitrogen functional groups attached to an aromatic ring is 1. The third kappa shape index (κ3) is 5.62. The molecule has 2 aromatic heterocycles. The molecule has 14 nitrogen and oxygen atoms in total. The maximum atomic E-state index is 13.9. The Kier molecular flexibility index (Phi) is 8.38. The predicted octanol–water partition coefficient (Wildman–Crippen LogP) is 1.29. The van der Waals surface area contributed by atoms with E-state index >= 15 is 0 Å². The second-order valence-electron chi connectivity index (χ2n) is 9.55. The normalized spacial score (nSPS) is 26.1. The first kappa shape index (κ1) is 30.0. The number of aliphatic hydroxyl groups excluding tert-OH is 2. The van der Waals surface area contributed by atoms with Crippen molar-refractivity contribution in [1.82, 2.24) is 19.7 Å². The Balaban J connectivity index is 1.67. The van der Waals surface area contributed by atoms with Crippen LogP contribution in [0.15, 0.2) is 48.8 Å². The van der Waals surface area contributed by atoms with E-state index in [-0.39, 0.29) is 17.3 Å². The van der Waals surface area contributed by atoms with Gasteiger partial charge >= 0.3 is 13.7 Å².